The fourth-order valence-electron chi connectivity index (χ4n) is 3.57. The second-order valence-corrected chi connectivity index (χ2v) is 12.7. The molecular formula is C22H27Cl2N3O6S2. The third-order valence-electron chi connectivity index (χ3n) is 5.33. The van der Waals surface area contributed by atoms with Crippen LogP contribution in [0.3, 0.4) is 0 Å². The van der Waals surface area contributed by atoms with Crippen molar-refractivity contribution in [1.29, 1.82) is 0 Å². The first-order chi connectivity index (χ1) is 16.5. The van der Waals surface area contributed by atoms with Crippen LogP contribution in [0.15, 0.2) is 47.4 Å². The molecule has 3 rings (SSSR count). The van der Waals surface area contributed by atoms with Gasteiger partial charge in [-0.1, -0.05) is 29.6 Å². The highest BCUT2D eigenvalue weighted by Crippen LogP contribution is 2.30. The van der Waals surface area contributed by atoms with E-state index in [4.69, 9.17) is 27.9 Å². The molecule has 1 aliphatic heterocycles. The van der Waals surface area contributed by atoms with Crippen LogP contribution < -0.4 is 14.4 Å². The molecule has 0 spiro atoms. The monoisotopic (exact) mass is 563 g/mol. The first-order valence-electron chi connectivity index (χ1n) is 10.9. The maximum Gasteiger partial charge on any atom is 0.243 e. The fourth-order valence-corrected chi connectivity index (χ4v) is 6.38. The highest BCUT2D eigenvalue weighted by Gasteiger charge is 2.26. The van der Waals surface area contributed by atoms with Gasteiger partial charge in [0.05, 0.1) is 28.4 Å². The number of ether oxygens (including phenoxy) is 1. The number of carbonyl (C=O) groups is 1. The van der Waals surface area contributed by atoms with E-state index in [1.165, 1.54) is 34.6 Å². The van der Waals surface area contributed by atoms with Gasteiger partial charge in [-0.25, -0.2) is 16.8 Å². The molecule has 1 aliphatic rings. The summed E-state index contributed by atoms with van der Waals surface area (Å²) in [4.78, 5) is 12.6. The lowest BCUT2D eigenvalue weighted by molar-refractivity contribution is -0.119. The summed E-state index contributed by atoms with van der Waals surface area (Å²) in [5, 5.41) is 3.01. The van der Waals surface area contributed by atoms with Crippen LogP contribution in [0.25, 0.3) is 0 Å². The first-order valence-corrected chi connectivity index (χ1v) is 15.0. The molecular weight excluding hydrogens is 537 g/mol. The van der Waals surface area contributed by atoms with Crippen LogP contribution in [0, 0.1) is 0 Å². The number of hydrogen-bond donors (Lipinski definition) is 1. The van der Waals surface area contributed by atoms with Crippen molar-refractivity contribution < 1.29 is 26.4 Å². The molecule has 0 saturated carbocycles. The maximum atomic E-state index is 12.7. The molecule has 192 valence electrons. The zero-order valence-electron chi connectivity index (χ0n) is 19.1. The van der Waals surface area contributed by atoms with Crippen LogP contribution >= 0.6 is 23.2 Å². The van der Waals surface area contributed by atoms with Crippen molar-refractivity contribution in [2.75, 3.05) is 43.3 Å². The van der Waals surface area contributed by atoms with Gasteiger partial charge in [-0.3, -0.25) is 9.10 Å². The minimum Gasteiger partial charge on any atom is -0.492 e. The number of piperidine rings is 1. The zero-order valence-corrected chi connectivity index (χ0v) is 22.3. The smallest absolute Gasteiger partial charge is 0.243 e. The second kappa shape index (κ2) is 11.8. The second-order valence-electron chi connectivity index (χ2n) is 8.00. The normalized spacial score (nSPS) is 14.9. The van der Waals surface area contributed by atoms with Crippen molar-refractivity contribution in [2.24, 2.45) is 0 Å². The number of sulfonamides is 2. The van der Waals surface area contributed by atoms with E-state index >= 15 is 0 Å². The van der Waals surface area contributed by atoms with Gasteiger partial charge in [0.2, 0.25) is 26.0 Å². The van der Waals surface area contributed by atoms with E-state index < -0.39 is 32.5 Å². The first kappa shape index (κ1) is 27.5. The molecule has 1 fully saturated rings. The predicted molar refractivity (Wildman–Crippen MR) is 136 cm³/mol. The lowest BCUT2D eigenvalue weighted by Crippen LogP contribution is -2.41. The van der Waals surface area contributed by atoms with Gasteiger partial charge in [0, 0.05) is 18.1 Å². The van der Waals surface area contributed by atoms with Crippen molar-refractivity contribution in [3.05, 3.63) is 52.5 Å². The van der Waals surface area contributed by atoms with Gasteiger partial charge in [-0.2, -0.15) is 4.31 Å². The minimum atomic E-state index is -3.80. The summed E-state index contributed by atoms with van der Waals surface area (Å²) in [6.45, 7) is 0.775. The summed E-state index contributed by atoms with van der Waals surface area (Å²) in [5.41, 5.74) is 0.104. The molecule has 1 saturated heterocycles. The lowest BCUT2D eigenvalue weighted by atomic mass is 10.2. The number of carbonyl (C=O) groups excluding carboxylic acids is 1. The van der Waals surface area contributed by atoms with Crippen LogP contribution in [0.2, 0.25) is 10.0 Å². The third kappa shape index (κ3) is 7.47. The van der Waals surface area contributed by atoms with Crippen LogP contribution in [-0.4, -0.2) is 66.1 Å². The lowest BCUT2D eigenvalue weighted by Gasteiger charge is -2.25. The van der Waals surface area contributed by atoms with Gasteiger partial charge in [-0.05, 0) is 55.3 Å². The average molecular weight is 565 g/mol. The van der Waals surface area contributed by atoms with Crippen LogP contribution in [0.4, 0.5) is 5.69 Å². The highest BCUT2D eigenvalue weighted by atomic mass is 35.5. The SMILES string of the molecule is CS(=O)(=O)N(CC(=O)NCCOc1ccc(S(=O)(=O)N2CCCCC2)cc1)c1cc(Cl)ccc1Cl. The Hall–Kier alpha value is -2.05. The van der Waals surface area contributed by atoms with Gasteiger partial charge in [0.15, 0.2) is 0 Å². The largest absolute Gasteiger partial charge is 0.492 e. The third-order valence-corrected chi connectivity index (χ3v) is 8.93. The van der Waals surface area contributed by atoms with Gasteiger partial charge < -0.3 is 10.1 Å². The molecule has 9 nitrogen and oxygen atoms in total. The van der Waals surface area contributed by atoms with Gasteiger partial charge in [0.1, 0.15) is 18.9 Å². The van der Waals surface area contributed by atoms with E-state index in [-0.39, 0.29) is 33.8 Å². The molecule has 2 aromatic rings. The summed E-state index contributed by atoms with van der Waals surface area (Å²) in [5.74, 6) is -0.113. The summed E-state index contributed by atoms with van der Waals surface area (Å²) in [6, 6.07) is 10.5. The number of rotatable bonds is 10. The summed E-state index contributed by atoms with van der Waals surface area (Å²) in [6.07, 6.45) is 3.73. The van der Waals surface area contributed by atoms with Crippen molar-refractivity contribution in [3.8, 4) is 5.75 Å². The minimum absolute atomic E-state index is 0.0980. The molecule has 1 amide bonds. The van der Waals surface area contributed by atoms with Gasteiger partial charge >= 0.3 is 0 Å². The fraction of sp³-hybridized carbons (Fsp3) is 0.409. The predicted octanol–water partition coefficient (Wildman–Crippen LogP) is 3.13. The molecule has 1 heterocycles. The Balaban J connectivity index is 1.52. The topological polar surface area (TPSA) is 113 Å². The molecule has 2 aromatic carbocycles. The van der Waals surface area contributed by atoms with E-state index in [0.29, 0.717) is 18.8 Å². The highest BCUT2D eigenvalue weighted by molar-refractivity contribution is 7.92. The van der Waals surface area contributed by atoms with E-state index in [1.807, 2.05) is 0 Å². The van der Waals surface area contributed by atoms with Crippen molar-refractivity contribution in [1.82, 2.24) is 9.62 Å². The Labute approximate surface area is 216 Å². The number of nitrogens with zero attached hydrogens (tertiary/aromatic N) is 2. The van der Waals surface area contributed by atoms with Gasteiger partial charge in [-0.15, -0.1) is 0 Å². The number of halogens is 2. The Morgan fingerprint density at radius 3 is 2.31 bits per heavy atom. The Morgan fingerprint density at radius 1 is 1.03 bits per heavy atom. The molecule has 0 radical (unpaired) electrons. The van der Waals surface area contributed by atoms with E-state index in [0.717, 1.165) is 29.8 Å². The van der Waals surface area contributed by atoms with Crippen LogP contribution in [-0.2, 0) is 24.8 Å². The number of hydrogen-bond acceptors (Lipinski definition) is 6. The molecule has 0 bridgehead atoms. The molecule has 35 heavy (non-hydrogen) atoms. The molecule has 0 atom stereocenters. The quantitative estimate of drug-likeness (QED) is 0.444. The standard InChI is InChI=1S/C22H27Cl2N3O6S2/c1-34(29,30)27(21-15-17(23)5-10-20(21)24)16-22(28)25-11-14-33-18-6-8-19(9-7-18)35(31,32)26-12-3-2-4-13-26/h5-10,15H,2-4,11-14,16H2,1H3,(H,25,28). The number of nitrogens with one attached hydrogen (secondary N) is 1. The van der Waals surface area contributed by atoms with Crippen LogP contribution in [0.5, 0.6) is 5.75 Å². The molecule has 0 aliphatic carbocycles. The van der Waals surface area contributed by atoms with Crippen molar-refractivity contribution in [3.63, 3.8) is 0 Å². The summed E-state index contributed by atoms with van der Waals surface area (Å²) < 4.78 is 57.8. The average Bonchev–Trinajstić information content (AvgIpc) is 2.82. The van der Waals surface area contributed by atoms with E-state index in [1.54, 1.807) is 12.1 Å². The Bertz CT molecular complexity index is 1250. The Morgan fingerprint density at radius 2 is 1.69 bits per heavy atom. The van der Waals surface area contributed by atoms with Gasteiger partial charge in [0.25, 0.3) is 0 Å². The molecule has 0 aromatic heterocycles. The molecule has 0 unspecified atom stereocenters. The number of anilines is 1. The molecule has 13 heteroatoms. The zero-order chi connectivity index (χ0) is 25.6. The summed E-state index contributed by atoms with van der Waals surface area (Å²) >= 11 is 12.1. The summed E-state index contributed by atoms with van der Waals surface area (Å²) in [7, 11) is -7.32. The van der Waals surface area contributed by atoms with E-state index in [9.17, 15) is 21.6 Å². The van der Waals surface area contributed by atoms with Crippen molar-refractivity contribution in [2.45, 2.75) is 24.2 Å². The Kier molecular flexibility index (Phi) is 9.28. The number of amides is 1. The number of benzene rings is 2. The van der Waals surface area contributed by atoms with Crippen LogP contribution in [0.1, 0.15) is 19.3 Å². The maximum absolute atomic E-state index is 12.7. The molecule has 1 N–H and O–H groups in total. The van der Waals surface area contributed by atoms with E-state index in [2.05, 4.69) is 5.32 Å². The van der Waals surface area contributed by atoms with Crippen molar-refractivity contribution >= 4 is 54.8 Å².